The summed E-state index contributed by atoms with van der Waals surface area (Å²) in [7, 11) is 1.63. The predicted octanol–water partition coefficient (Wildman–Crippen LogP) is 5.51. The highest BCUT2D eigenvalue weighted by molar-refractivity contribution is 5.97. The Morgan fingerprint density at radius 2 is 1.77 bits per heavy atom. The number of aromatic nitrogens is 1. The molecule has 3 aromatic rings. The number of nitrogens with zero attached hydrogens (tertiary/aromatic N) is 5. The lowest BCUT2D eigenvalue weighted by Gasteiger charge is -2.37. The van der Waals surface area contributed by atoms with Gasteiger partial charge in [-0.15, -0.1) is 0 Å². The van der Waals surface area contributed by atoms with Crippen LogP contribution in [0.4, 0.5) is 16.2 Å². The molecule has 0 radical (unpaired) electrons. The zero-order valence-electron chi connectivity index (χ0n) is 25.5. The van der Waals surface area contributed by atoms with Gasteiger partial charge in [-0.1, -0.05) is 6.42 Å². The lowest BCUT2D eigenvalue weighted by Crippen LogP contribution is -2.50. The molecule has 0 aliphatic carbocycles. The minimum absolute atomic E-state index is 0.0893. The molecule has 0 spiro atoms. The van der Waals surface area contributed by atoms with E-state index in [1.54, 1.807) is 18.2 Å². The molecule has 1 aromatic heterocycles. The number of ether oxygens (including phenoxy) is 3. The summed E-state index contributed by atoms with van der Waals surface area (Å²) in [5.41, 5.74) is 2.76. The summed E-state index contributed by atoms with van der Waals surface area (Å²) in [4.78, 5) is 24.0. The van der Waals surface area contributed by atoms with Gasteiger partial charge in [0.05, 0.1) is 36.6 Å². The van der Waals surface area contributed by atoms with E-state index in [9.17, 15) is 10.1 Å². The number of nitriles is 1. The molecule has 0 saturated carbocycles. The zero-order chi connectivity index (χ0) is 30.2. The Hall–Kier alpha value is -4.23. The summed E-state index contributed by atoms with van der Waals surface area (Å²) in [6.07, 6.45) is 6.55. The zero-order valence-corrected chi connectivity index (χ0v) is 25.5. The Balaban J connectivity index is 1.24. The highest BCUT2D eigenvalue weighted by Crippen LogP contribution is 2.38. The summed E-state index contributed by atoms with van der Waals surface area (Å²) < 4.78 is 17.6. The molecule has 5 rings (SSSR count). The SMILES string of the molecule is COc1cc2c(N3CCN(C(=O)Nc4ccc(OC(C)C)cc4)CC3)c(C#N)cnc2cc1OCCCN1CCCCC1. The molecule has 0 atom stereocenters. The van der Waals surface area contributed by atoms with Crippen molar-refractivity contribution >= 4 is 28.3 Å². The molecule has 0 bridgehead atoms. The molecule has 1 N–H and O–H groups in total. The van der Waals surface area contributed by atoms with Crippen molar-refractivity contribution in [2.45, 2.75) is 45.6 Å². The number of methoxy groups -OCH3 is 1. The second-order valence-corrected chi connectivity index (χ2v) is 11.4. The number of pyridine rings is 1. The number of piperazine rings is 1. The number of anilines is 2. The van der Waals surface area contributed by atoms with Gasteiger partial charge in [0.15, 0.2) is 11.5 Å². The van der Waals surface area contributed by atoms with E-state index in [1.807, 2.05) is 50.2 Å². The summed E-state index contributed by atoms with van der Waals surface area (Å²) in [5.74, 6) is 2.04. The minimum atomic E-state index is -0.152. The van der Waals surface area contributed by atoms with Crippen LogP contribution in [0.3, 0.4) is 0 Å². The number of nitrogens with one attached hydrogen (secondary N) is 1. The van der Waals surface area contributed by atoms with Crippen molar-refractivity contribution in [2.24, 2.45) is 0 Å². The van der Waals surface area contributed by atoms with Gasteiger partial charge in [0, 0.05) is 56.1 Å². The van der Waals surface area contributed by atoms with Gasteiger partial charge in [0.25, 0.3) is 0 Å². The van der Waals surface area contributed by atoms with Gasteiger partial charge in [-0.05, 0) is 76.5 Å². The van der Waals surface area contributed by atoms with Crippen molar-refractivity contribution in [3.8, 4) is 23.3 Å². The van der Waals surface area contributed by atoms with Crippen LogP contribution in [0, 0.1) is 11.3 Å². The fourth-order valence-corrected chi connectivity index (χ4v) is 5.76. The standard InChI is InChI=1S/C33H42N6O4/c1-24(2)43-27-10-8-26(9-11-27)36-33(40)39-17-15-38(16-18-39)32-25(22-34)23-35-29-21-31(30(41-3)20-28(29)32)42-19-7-14-37-12-5-4-6-13-37/h8-11,20-21,23-24H,4-7,12-19H2,1-3H3,(H,36,40). The number of amides is 2. The maximum atomic E-state index is 13.0. The first-order valence-electron chi connectivity index (χ1n) is 15.3. The third-order valence-corrected chi connectivity index (χ3v) is 7.93. The van der Waals surface area contributed by atoms with Crippen molar-refractivity contribution in [2.75, 3.05) is 69.7 Å². The smallest absolute Gasteiger partial charge is 0.321 e. The molecule has 43 heavy (non-hydrogen) atoms. The van der Waals surface area contributed by atoms with Gasteiger partial charge in [-0.3, -0.25) is 4.98 Å². The molecule has 2 amide bonds. The number of fused-ring (bicyclic) bond motifs is 1. The Bertz CT molecular complexity index is 1420. The Kier molecular flexibility index (Phi) is 10.1. The number of rotatable bonds is 10. The van der Waals surface area contributed by atoms with Crippen LogP contribution in [0.2, 0.25) is 0 Å². The third kappa shape index (κ3) is 7.59. The van der Waals surface area contributed by atoms with Crippen LogP contribution in [-0.2, 0) is 0 Å². The highest BCUT2D eigenvalue weighted by Gasteiger charge is 2.25. The number of hydrogen-bond acceptors (Lipinski definition) is 8. The van der Waals surface area contributed by atoms with E-state index in [0.29, 0.717) is 55.5 Å². The van der Waals surface area contributed by atoms with Crippen LogP contribution in [-0.4, -0.2) is 86.4 Å². The average Bonchev–Trinajstić information content (AvgIpc) is 3.03. The van der Waals surface area contributed by atoms with Crippen LogP contribution >= 0.6 is 0 Å². The maximum Gasteiger partial charge on any atom is 0.321 e. The number of carbonyl (C=O) groups excluding carboxylic acids is 1. The van der Waals surface area contributed by atoms with Crippen molar-refractivity contribution in [3.63, 3.8) is 0 Å². The number of benzene rings is 2. The topological polar surface area (TPSA) is 103 Å². The first-order valence-corrected chi connectivity index (χ1v) is 15.3. The average molecular weight is 587 g/mol. The quantitative estimate of drug-likeness (QED) is 0.310. The second kappa shape index (κ2) is 14.3. The van der Waals surface area contributed by atoms with Crippen LogP contribution in [0.1, 0.15) is 45.1 Å². The van der Waals surface area contributed by atoms with Crippen molar-refractivity contribution < 1.29 is 19.0 Å². The Labute approximate surface area is 254 Å². The molecule has 10 nitrogen and oxygen atoms in total. The monoisotopic (exact) mass is 586 g/mol. The van der Waals surface area contributed by atoms with Crippen LogP contribution in [0.25, 0.3) is 10.9 Å². The summed E-state index contributed by atoms with van der Waals surface area (Å²) in [5, 5.41) is 13.8. The molecular formula is C33H42N6O4. The molecule has 2 saturated heterocycles. The lowest BCUT2D eigenvalue weighted by atomic mass is 10.1. The van der Waals surface area contributed by atoms with Crippen molar-refractivity contribution in [3.05, 3.63) is 48.2 Å². The molecule has 2 fully saturated rings. The Morgan fingerprint density at radius 3 is 2.44 bits per heavy atom. The van der Waals surface area contributed by atoms with E-state index in [-0.39, 0.29) is 12.1 Å². The molecule has 2 aliphatic heterocycles. The van der Waals surface area contributed by atoms with E-state index in [0.717, 1.165) is 35.3 Å². The van der Waals surface area contributed by atoms with E-state index in [1.165, 1.54) is 32.4 Å². The summed E-state index contributed by atoms with van der Waals surface area (Å²) >= 11 is 0. The van der Waals surface area contributed by atoms with Gasteiger partial charge < -0.3 is 34.2 Å². The fourth-order valence-electron chi connectivity index (χ4n) is 5.76. The van der Waals surface area contributed by atoms with Gasteiger partial charge in [0.1, 0.15) is 11.8 Å². The van der Waals surface area contributed by atoms with Crippen LogP contribution in [0.5, 0.6) is 17.2 Å². The number of piperidine rings is 1. The molecular weight excluding hydrogens is 544 g/mol. The predicted molar refractivity (Wildman–Crippen MR) is 168 cm³/mol. The minimum Gasteiger partial charge on any atom is -0.493 e. The first-order chi connectivity index (χ1) is 20.9. The molecule has 2 aromatic carbocycles. The van der Waals surface area contributed by atoms with E-state index in [4.69, 9.17) is 14.2 Å². The molecule has 228 valence electrons. The highest BCUT2D eigenvalue weighted by atomic mass is 16.5. The third-order valence-electron chi connectivity index (χ3n) is 7.93. The number of carbonyl (C=O) groups is 1. The second-order valence-electron chi connectivity index (χ2n) is 11.4. The number of likely N-dealkylation sites (tertiary alicyclic amines) is 1. The van der Waals surface area contributed by atoms with Crippen LogP contribution in [0.15, 0.2) is 42.6 Å². The van der Waals surface area contributed by atoms with Gasteiger partial charge in [-0.25, -0.2) is 4.79 Å². The summed E-state index contributed by atoms with van der Waals surface area (Å²) in [6.45, 7) is 10.1. The summed E-state index contributed by atoms with van der Waals surface area (Å²) in [6, 6.07) is 13.4. The Morgan fingerprint density at radius 1 is 1.02 bits per heavy atom. The number of urea groups is 1. The van der Waals surface area contributed by atoms with E-state index in [2.05, 4.69) is 26.2 Å². The largest absolute Gasteiger partial charge is 0.493 e. The number of hydrogen-bond donors (Lipinski definition) is 1. The van der Waals surface area contributed by atoms with E-state index >= 15 is 0 Å². The first kappa shape index (κ1) is 30.2. The van der Waals surface area contributed by atoms with Gasteiger partial charge >= 0.3 is 6.03 Å². The maximum absolute atomic E-state index is 13.0. The van der Waals surface area contributed by atoms with Crippen molar-refractivity contribution in [1.82, 2.24) is 14.8 Å². The van der Waals surface area contributed by atoms with E-state index < -0.39 is 0 Å². The van der Waals surface area contributed by atoms with Gasteiger partial charge in [-0.2, -0.15) is 5.26 Å². The van der Waals surface area contributed by atoms with Crippen LogP contribution < -0.4 is 24.4 Å². The molecule has 10 heteroatoms. The normalized spacial score (nSPS) is 15.8. The van der Waals surface area contributed by atoms with Gasteiger partial charge in [0.2, 0.25) is 0 Å². The lowest BCUT2D eigenvalue weighted by molar-refractivity contribution is 0.203. The fraction of sp³-hybridized carbons (Fsp3) is 0.485. The molecule has 0 unspecified atom stereocenters. The molecule has 2 aliphatic rings. The molecule has 3 heterocycles. The van der Waals surface area contributed by atoms with Crippen molar-refractivity contribution in [1.29, 1.82) is 5.26 Å².